The summed E-state index contributed by atoms with van der Waals surface area (Å²) in [5.74, 6) is -8.52. The number of unbranched alkanes of at least 4 members (excludes halogenated alkanes) is 2. The van der Waals surface area contributed by atoms with Crippen LogP contribution in [-0.4, -0.2) is 6.36 Å². The van der Waals surface area contributed by atoms with Gasteiger partial charge >= 0.3 is 12.5 Å². The molecule has 0 aliphatic heterocycles. The summed E-state index contributed by atoms with van der Waals surface area (Å²) in [7, 11) is 0. The van der Waals surface area contributed by atoms with Crippen LogP contribution in [0.1, 0.15) is 37.3 Å². The van der Waals surface area contributed by atoms with Crippen molar-refractivity contribution in [2.24, 2.45) is 0 Å². The molecular formula is C31H23F9O2. The summed E-state index contributed by atoms with van der Waals surface area (Å²) in [4.78, 5) is 0. The lowest BCUT2D eigenvalue weighted by molar-refractivity contribution is -0.275. The van der Waals surface area contributed by atoms with Crippen LogP contribution < -0.4 is 9.47 Å². The Labute approximate surface area is 235 Å². The summed E-state index contributed by atoms with van der Waals surface area (Å²) < 4.78 is 132. The van der Waals surface area contributed by atoms with E-state index >= 15 is 4.39 Å². The second kappa shape index (κ2) is 12.4. The fourth-order valence-corrected chi connectivity index (χ4v) is 4.33. The van der Waals surface area contributed by atoms with Gasteiger partial charge in [-0.3, -0.25) is 0 Å². The highest BCUT2D eigenvalue weighted by molar-refractivity contribution is 5.71. The fourth-order valence-electron chi connectivity index (χ4n) is 4.33. The number of hydrogen-bond acceptors (Lipinski definition) is 2. The molecule has 4 rings (SSSR count). The number of ether oxygens (including phenoxy) is 2. The molecule has 0 aliphatic carbocycles. The van der Waals surface area contributed by atoms with Crippen LogP contribution in [0.15, 0.2) is 72.8 Å². The van der Waals surface area contributed by atoms with E-state index in [0.29, 0.717) is 35.4 Å². The van der Waals surface area contributed by atoms with Gasteiger partial charge in [-0.15, -0.1) is 13.2 Å². The Kier molecular flexibility index (Phi) is 9.08. The predicted molar refractivity (Wildman–Crippen MR) is 138 cm³/mol. The Hall–Kier alpha value is -4.15. The van der Waals surface area contributed by atoms with Crippen LogP contribution in [0.5, 0.6) is 11.5 Å². The van der Waals surface area contributed by atoms with Crippen LogP contribution in [0.3, 0.4) is 0 Å². The highest BCUT2D eigenvalue weighted by Crippen LogP contribution is 2.39. The molecule has 2 nitrogen and oxygen atoms in total. The van der Waals surface area contributed by atoms with Crippen LogP contribution in [0.2, 0.25) is 0 Å². The molecule has 0 aliphatic rings. The van der Waals surface area contributed by atoms with Gasteiger partial charge in [0.15, 0.2) is 11.6 Å². The number of alkyl halides is 5. The summed E-state index contributed by atoms with van der Waals surface area (Å²) in [6.07, 6.45) is -5.80. The minimum atomic E-state index is -5.25. The molecule has 0 radical (unpaired) electrons. The normalized spacial score (nSPS) is 12.0. The van der Waals surface area contributed by atoms with Crippen molar-refractivity contribution in [1.29, 1.82) is 0 Å². The first-order valence-corrected chi connectivity index (χ1v) is 12.8. The van der Waals surface area contributed by atoms with Crippen LogP contribution >= 0.6 is 0 Å². The number of benzene rings is 4. The molecule has 11 heteroatoms. The maximum absolute atomic E-state index is 15.0. The number of halogens is 9. The average molecular weight is 599 g/mol. The van der Waals surface area contributed by atoms with E-state index in [1.165, 1.54) is 12.1 Å². The molecule has 0 atom stereocenters. The Morgan fingerprint density at radius 2 is 1.21 bits per heavy atom. The quantitative estimate of drug-likeness (QED) is 0.134. The van der Waals surface area contributed by atoms with Crippen molar-refractivity contribution >= 4 is 0 Å². The van der Waals surface area contributed by atoms with E-state index in [4.69, 9.17) is 0 Å². The van der Waals surface area contributed by atoms with E-state index in [1.807, 2.05) is 24.3 Å². The molecule has 0 spiro atoms. The van der Waals surface area contributed by atoms with E-state index in [0.717, 1.165) is 37.3 Å². The van der Waals surface area contributed by atoms with Crippen molar-refractivity contribution in [2.75, 3.05) is 0 Å². The molecule has 0 saturated carbocycles. The summed E-state index contributed by atoms with van der Waals surface area (Å²) in [5, 5.41) is 0. The van der Waals surface area contributed by atoms with Crippen LogP contribution in [0.4, 0.5) is 39.5 Å². The van der Waals surface area contributed by atoms with E-state index in [9.17, 15) is 35.1 Å². The third kappa shape index (κ3) is 7.37. The Morgan fingerprint density at radius 3 is 1.79 bits per heavy atom. The molecule has 0 heterocycles. The SMILES string of the molecule is CCCCCc1ccc(-c2ccc(-c3cc(F)c(C(F)(F)Oc4ccc(OC(F)(F)F)c(F)c4)c(F)c3)c(F)c2)cc1. The zero-order valence-corrected chi connectivity index (χ0v) is 22.0. The van der Waals surface area contributed by atoms with Crippen LogP contribution in [0, 0.1) is 23.3 Å². The maximum Gasteiger partial charge on any atom is 0.573 e. The molecule has 0 bridgehead atoms. The Morgan fingerprint density at radius 1 is 0.595 bits per heavy atom. The lowest BCUT2D eigenvalue weighted by Crippen LogP contribution is -2.25. The highest BCUT2D eigenvalue weighted by atomic mass is 19.4. The van der Waals surface area contributed by atoms with Crippen molar-refractivity contribution in [3.05, 3.63) is 107 Å². The van der Waals surface area contributed by atoms with E-state index < -0.39 is 52.8 Å². The average Bonchev–Trinajstić information content (AvgIpc) is 2.89. The molecule has 4 aromatic carbocycles. The smallest absolute Gasteiger partial charge is 0.429 e. The summed E-state index contributed by atoms with van der Waals surface area (Å²) in [6.45, 7) is 2.11. The summed E-state index contributed by atoms with van der Waals surface area (Å²) in [5.41, 5.74) is -0.163. The highest BCUT2D eigenvalue weighted by Gasteiger charge is 2.41. The monoisotopic (exact) mass is 598 g/mol. The molecule has 0 unspecified atom stereocenters. The van der Waals surface area contributed by atoms with Gasteiger partial charge in [0.1, 0.15) is 28.8 Å². The minimum absolute atomic E-state index is 0.135. The van der Waals surface area contributed by atoms with Gasteiger partial charge in [-0.25, -0.2) is 17.6 Å². The number of aryl methyl sites for hydroxylation is 1. The molecule has 0 fully saturated rings. The predicted octanol–water partition coefficient (Wildman–Crippen LogP) is 10.3. The van der Waals surface area contributed by atoms with Gasteiger partial charge in [-0.05, 0) is 65.4 Å². The zero-order chi connectivity index (χ0) is 30.7. The van der Waals surface area contributed by atoms with Gasteiger partial charge in [0.25, 0.3) is 0 Å². The molecular weight excluding hydrogens is 575 g/mol. The van der Waals surface area contributed by atoms with Gasteiger partial charge in [0.05, 0.1) is 0 Å². The van der Waals surface area contributed by atoms with Crippen molar-refractivity contribution < 1.29 is 49.0 Å². The molecule has 0 N–H and O–H groups in total. The van der Waals surface area contributed by atoms with Crippen molar-refractivity contribution in [3.8, 4) is 33.8 Å². The number of hydrogen-bond donors (Lipinski definition) is 0. The van der Waals surface area contributed by atoms with E-state index in [2.05, 4.69) is 16.4 Å². The standard InChI is InChI=1S/C31H23F9O2/c1-2-3-4-5-18-6-8-19(9-7-18)20-10-12-23(24(32)14-20)21-15-26(34)29(27(35)16-21)30(36,37)41-22-11-13-28(25(33)17-22)42-31(38,39)40/h6-17H,2-5H2,1H3. The fraction of sp³-hybridized carbons (Fsp3) is 0.226. The Balaban J connectivity index is 1.55. The third-order valence-corrected chi connectivity index (χ3v) is 6.34. The first-order chi connectivity index (χ1) is 19.8. The van der Waals surface area contributed by atoms with Crippen molar-refractivity contribution in [1.82, 2.24) is 0 Å². The Bertz CT molecular complexity index is 1520. The lowest BCUT2D eigenvalue weighted by atomic mass is 9.97. The largest absolute Gasteiger partial charge is 0.573 e. The summed E-state index contributed by atoms with van der Waals surface area (Å²) >= 11 is 0. The van der Waals surface area contributed by atoms with Gasteiger partial charge in [-0.1, -0.05) is 56.2 Å². The second-order valence-electron chi connectivity index (χ2n) is 9.42. The molecule has 42 heavy (non-hydrogen) atoms. The second-order valence-corrected chi connectivity index (χ2v) is 9.42. The van der Waals surface area contributed by atoms with Gasteiger partial charge in [-0.2, -0.15) is 8.78 Å². The molecule has 222 valence electrons. The van der Waals surface area contributed by atoms with Gasteiger partial charge < -0.3 is 9.47 Å². The minimum Gasteiger partial charge on any atom is -0.429 e. The molecule has 0 aromatic heterocycles. The van der Waals surface area contributed by atoms with Crippen molar-refractivity contribution in [2.45, 2.75) is 45.1 Å². The van der Waals surface area contributed by atoms with Crippen molar-refractivity contribution in [3.63, 3.8) is 0 Å². The maximum atomic E-state index is 15.0. The molecule has 0 saturated heterocycles. The first kappa shape index (κ1) is 30.8. The number of rotatable bonds is 10. The summed E-state index contributed by atoms with van der Waals surface area (Å²) in [6, 6.07) is 13.4. The lowest BCUT2D eigenvalue weighted by Gasteiger charge is -2.20. The first-order valence-electron chi connectivity index (χ1n) is 12.8. The molecule has 4 aromatic rings. The van der Waals surface area contributed by atoms with Gasteiger partial charge in [0.2, 0.25) is 0 Å². The third-order valence-electron chi connectivity index (χ3n) is 6.34. The van der Waals surface area contributed by atoms with E-state index in [-0.39, 0.29) is 17.2 Å². The van der Waals surface area contributed by atoms with Gasteiger partial charge in [0, 0.05) is 11.6 Å². The molecule has 0 amide bonds. The van der Waals surface area contributed by atoms with Crippen LogP contribution in [0.25, 0.3) is 22.3 Å². The van der Waals surface area contributed by atoms with Crippen LogP contribution in [-0.2, 0) is 12.5 Å². The topological polar surface area (TPSA) is 18.5 Å². The zero-order valence-electron chi connectivity index (χ0n) is 22.0. The van der Waals surface area contributed by atoms with E-state index in [1.54, 1.807) is 0 Å².